The molecule has 1 spiro atoms. The number of nitriles is 1. The Morgan fingerprint density at radius 2 is 1.86 bits per heavy atom. The van der Waals surface area contributed by atoms with Gasteiger partial charge >= 0.3 is 0 Å². The molecule has 0 N–H and O–H groups in total. The van der Waals surface area contributed by atoms with Gasteiger partial charge in [0.2, 0.25) is 0 Å². The van der Waals surface area contributed by atoms with Gasteiger partial charge in [0, 0.05) is 31.3 Å². The monoisotopic (exact) mass is 295 g/mol. The van der Waals surface area contributed by atoms with E-state index in [0.717, 1.165) is 42.7 Å². The van der Waals surface area contributed by atoms with E-state index in [9.17, 15) is 5.26 Å². The van der Waals surface area contributed by atoms with Gasteiger partial charge in [-0.2, -0.15) is 5.26 Å². The van der Waals surface area contributed by atoms with Gasteiger partial charge in [0.05, 0.1) is 24.3 Å². The van der Waals surface area contributed by atoms with Crippen molar-refractivity contribution in [1.29, 1.82) is 5.26 Å². The quantitative estimate of drug-likeness (QED) is 0.809. The normalized spacial score (nSPS) is 20.4. The first kappa shape index (κ1) is 13.5. The number of fused-ring (bicyclic) bond motifs is 1. The summed E-state index contributed by atoms with van der Waals surface area (Å²) in [5.74, 6) is 0.370. The number of pyridine rings is 1. The number of aromatic nitrogens is 1. The lowest BCUT2D eigenvalue weighted by Crippen LogP contribution is -2.45. The third-order valence-electron chi connectivity index (χ3n) is 4.46. The lowest BCUT2D eigenvalue weighted by atomic mass is 10.0. The Morgan fingerprint density at radius 3 is 2.59 bits per heavy atom. The molecule has 0 unspecified atom stereocenters. The van der Waals surface area contributed by atoms with Crippen molar-refractivity contribution >= 4 is 16.7 Å². The van der Waals surface area contributed by atoms with Crippen LogP contribution in [0, 0.1) is 11.3 Å². The van der Waals surface area contributed by atoms with E-state index in [4.69, 9.17) is 14.5 Å². The standard InChI is InChI=1S/C17H17N3O2/c18-12-14-11-13-3-1-2-4-15(13)19-16(14)20-7-5-17(6-8-20)21-9-10-22-17/h1-4,11H,5-10H2. The fourth-order valence-corrected chi connectivity index (χ4v) is 3.27. The molecule has 5 nitrogen and oxygen atoms in total. The van der Waals surface area contributed by atoms with Crippen molar-refractivity contribution in [3.05, 3.63) is 35.9 Å². The summed E-state index contributed by atoms with van der Waals surface area (Å²) in [5, 5.41) is 10.4. The molecular weight excluding hydrogens is 278 g/mol. The van der Waals surface area contributed by atoms with E-state index in [-0.39, 0.29) is 0 Å². The second-order valence-electron chi connectivity index (χ2n) is 5.76. The van der Waals surface area contributed by atoms with Crippen LogP contribution in [0.4, 0.5) is 5.82 Å². The van der Waals surface area contributed by atoms with Crippen LogP contribution in [0.5, 0.6) is 0 Å². The van der Waals surface area contributed by atoms with Crippen LogP contribution in [0.25, 0.3) is 10.9 Å². The summed E-state index contributed by atoms with van der Waals surface area (Å²) in [7, 11) is 0. The van der Waals surface area contributed by atoms with Crippen molar-refractivity contribution < 1.29 is 9.47 Å². The Labute approximate surface area is 129 Å². The molecule has 4 rings (SSSR count). The van der Waals surface area contributed by atoms with Gasteiger partial charge in [-0.25, -0.2) is 4.98 Å². The average molecular weight is 295 g/mol. The zero-order chi connectivity index (χ0) is 15.0. The van der Waals surface area contributed by atoms with E-state index < -0.39 is 5.79 Å². The molecule has 2 aliphatic heterocycles. The first-order valence-corrected chi connectivity index (χ1v) is 7.62. The lowest BCUT2D eigenvalue weighted by Gasteiger charge is -2.38. The van der Waals surface area contributed by atoms with Crippen LogP contribution in [0.1, 0.15) is 18.4 Å². The molecular formula is C17H17N3O2. The summed E-state index contributed by atoms with van der Waals surface area (Å²) >= 11 is 0. The number of piperidine rings is 1. The van der Waals surface area contributed by atoms with E-state index in [1.165, 1.54) is 0 Å². The molecule has 5 heteroatoms. The molecule has 0 amide bonds. The average Bonchev–Trinajstić information content (AvgIpc) is 3.02. The van der Waals surface area contributed by atoms with Gasteiger partial charge in [0.15, 0.2) is 5.79 Å². The maximum Gasteiger partial charge on any atom is 0.171 e. The first-order chi connectivity index (χ1) is 10.8. The van der Waals surface area contributed by atoms with Crippen LogP contribution in [-0.4, -0.2) is 37.1 Å². The molecule has 0 aliphatic carbocycles. The molecule has 0 atom stereocenters. The van der Waals surface area contributed by atoms with Gasteiger partial charge in [0.1, 0.15) is 11.9 Å². The van der Waals surface area contributed by atoms with Crippen LogP contribution in [0.15, 0.2) is 30.3 Å². The maximum atomic E-state index is 9.45. The van der Waals surface area contributed by atoms with Gasteiger partial charge in [-0.05, 0) is 12.1 Å². The van der Waals surface area contributed by atoms with E-state index >= 15 is 0 Å². The van der Waals surface area contributed by atoms with Crippen molar-refractivity contribution in [1.82, 2.24) is 4.98 Å². The third-order valence-corrected chi connectivity index (χ3v) is 4.46. The molecule has 1 aromatic heterocycles. The molecule has 0 saturated carbocycles. The predicted molar refractivity (Wildman–Crippen MR) is 82.5 cm³/mol. The summed E-state index contributed by atoms with van der Waals surface area (Å²) in [4.78, 5) is 6.87. The van der Waals surface area contributed by atoms with Gasteiger partial charge in [-0.15, -0.1) is 0 Å². The molecule has 0 radical (unpaired) electrons. The molecule has 2 aromatic rings. The van der Waals surface area contributed by atoms with E-state index in [1.54, 1.807) is 0 Å². The highest BCUT2D eigenvalue weighted by Gasteiger charge is 2.40. The van der Waals surface area contributed by atoms with Gasteiger partial charge in [0.25, 0.3) is 0 Å². The van der Waals surface area contributed by atoms with Crippen LogP contribution in [0.3, 0.4) is 0 Å². The Hall–Kier alpha value is -2.16. The van der Waals surface area contributed by atoms with Gasteiger partial charge in [-0.3, -0.25) is 0 Å². The minimum Gasteiger partial charge on any atom is -0.355 e. The summed E-state index contributed by atoms with van der Waals surface area (Å²) in [6.45, 7) is 2.94. The van der Waals surface area contributed by atoms with E-state index in [0.29, 0.717) is 18.8 Å². The van der Waals surface area contributed by atoms with Crippen molar-refractivity contribution in [2.24, 2.45) is 0 Å². The number of nitrogens with zero attached hydrogens (tertiary/aromatic N) is 3. The van der Waals surface area contributed by atoms with Crippen LogP contribution in [0.2, 0.25) is 0 Å². The second-order valence-corrected chi connectivity index (χ2v) is 5.76. The number of hydrogen-bond acceptors (Lipinski definition) is 5. The highest BCUT2D eigenvalue weighted by molar-refractivity contribution is 5.83. The van der Waals surface area contributed by atoms with E-state index in [2.05, 4.69) is 11.0 Å². The second kappa shape index (κ2) is 5.24. The third kappa shape index (κ3) is 2.21. The Morgan fingerprint density at radius 1 is 1.14 bits per heavy atom. The van der Waals surface area contributed by atoms with Crippen molar-refractivity contribution in [3.63, 3.8) is 0 Å². The van der Waals surface area contributed by atoms with Crippen LogP contribution < -0.4 is 4.90 Å². The highest BCUT2D eigenvalue weighted by Crippen LogP contribution is 2.34. The van der Waals surface area contributed by atoms with Gasteiger partial charge < -0.3 is 14.4 Å². The number of ether oxygens (including phenoxy) is 2. The molecule has 2 fully saturated rings. The Kier molecular flexibility index (Phi) is 3.21. The SMILES string of the molecule is N#Cc1cc2ccccc2nc1N1CCC2(CC1)OCCO2. The number of rotatable bonds is 1. The zero-order valence-corrected chi connectivity index (χ0v) is 12.3. The van der Waals surface area contributed by atoms with Crippen molar-refractivity contribution in [3.8, 4) is 6.07 Å². The predicted octanol–water partition coefficient (Wildman–Crippen LogP) is 2.45. The molecule has 2 saturated heterocycles. The number of hydrogen-bond donors (Lipinski definition) is 0. The molecule has 0 bridgehead atoms. The van der Waals surface area contributed by atoms with Crippen molar-refractivity contribution in [2.75, 3.05) is 31.2 Å². The highest BCUT2D eigenvalue weighted by atomic mass is 16.7. The number of anilines is 1. The maximum absolute atomic E-state index is 9.45. The number of para-hydroxylation sites is 1. The van der Waals surface area contributed by atoms with E-state index in [1.807, 2.05) is 30.3 Å². The molecule has 22 heavy (non-hydrogen) atoms. The minimum absolute atomic E-state index is 0.403. The Balaban J connectivity index is 1.65. The summed E-state index contributed by atoms with van der Waals surface area (Å²) in [6, 6.07) is 12.1. The molecule has 3 heterocycles. The molecule has 1 aromatic carbocycles. The molecule has 2 aliphatic rings. The largest absolute Gasteiger partial charge is 0.355 e. The molecule has 112 valence electrons. The zero-order valence-electron chi connectivity index (χ0n) is 12.3. The summed E-state index contributed by atoms with van der Waals surface area (Å²) < 4.78 is 11.5. The smallest absolute Gasteiger partial charge is 0.171 e. The minimum atomic E-state index is -0.403. The topological polar surface area (TPSA) is 58.4 Å². The summed E-state index contributed by atoms with van der Waals surface area (Å²) in [5.41, 5.74) is 1.55. The Bertz CT molecular complexity index is 737. The number of benzene rings is 1. The lowest BCUT2D eigenvalue weighted by molar-refractivity contribution is -0.169. The summed E-state index contributed by atoms with van der Waals surface area (Å²) in [6.07, 6.45) is 1.62. The van der Waals surface area contributed by atoms with Crippen LogP contribution in [-0.2, 0) is 9.47 Å². The van der Waals surface area contributed by atoms with Crippen LogP contribution >= 0.6 is 0 Å². The first-order valence-electron chi connectivity index (χ1n) is 7.62. The fourth-order valence-electron chi connectivity index (χ4n) is 3.27. The fraction of sp³-hybridized carbons (Fsp3) is 0.412. The van der Waals surface area contributed by atoms with Crippen molar-refractivity contribution in [2.45, 2.75) is 18.6 Å². The van der Waals surface area contributed by atoms with Gasteiger partial charge in [-0.1, -0.05) is 18.2 Å².